The van der Waals surface area contributed by atoms with Gasteiger partial charge in [-0.3, -0.25) is 0 Å². The molecule has 0 aromatic heterocycles. The summed E-state index contributed by atoms with van der Waals surface area (Å²) >= 11 is 0. The molecule has 0 unspecified atom stereocenters. The van der Waals surface area contributed by atoms with E-state index in [-0.39, 0.29) is 12.4 Å². The van der Waals surface area contributed by atoms with Crippen LogP contribution in [0.1, 0.15) is 19.8 Å². The van der Waals surface area contributed by atoms with Crippen LogP contribution in [0.4, 0.5) is 0 Å². The standard InChI is InChI=1S/C9H21NO3S/c1-3-10(6-4-5-8-11)7-9-14(2,12)13/h11H,3-9H2,1-2H3. The lowest BCUT2D eigenvalue weighted by molar-refractivity contribution is 0.254. The molecule has 0 amide bonds. The lowest BCUT2D eigenvalue weighted by atomic mass is 10.3. The number of hydrogen-bond donors (Lipinski definition) is 1. The third-order valence-corrected chi connectivity index (χ3v) is 3.03. The van der Waals surface area contributed by atoms with Gasteiger partial charge in [0.25, 0.3) is 0 Å². The van der Waals surface area contributed by atoms with Crippen molar-refractivity contribution in [1.82, 2.24) is 4.90 Å². The molecule has 0 saturated carbocycles. The van der Waals surface area contributed by atoms with Crippen LogP contribution in [0.2, 0.25) is 0 Å². The average Bonchev–Trinajstić information content (AvgIpc) is 2.09. The fraction of sp³-hybridized carbons (Fsp3) is 1.00. The maximum atomic E-state index is 10.9. The molecule has 0 fully saturated rings. The lowest BCUT2D eigenvalue weighted by Crippen LogP contribution is -2.30. The van der Waals surface area contributed by atoms with E-state index in [1.165, 1.54) is 6.26 Å². The Kier molecular flexibility index (Phi) is 7.13. The van der Waals surface area contributed by atoms with Crippen LogP contribution in [-0.4, -0.2) is 56.7 Å². The second kappa shape index (κ2) is 7.20. The van der Waals surface area contributed by atoms with E-state index in [4.69, 9.17) is 5.11 Å². The minimum Gasteiger partial charge on any atom is -0.396 e. The molecular weight excluding hydrogens is 202 g/mol. The molecule has 0 aromatic carbocycles. The Labute approximate surface area is 86.8 Å². The van der Waals surface area contributed by atoms with Crippen molar-refractivity contribution in [2.45, 2.75) is 19.8 Å². The summed E-state index contributed by atoms with van der Waals surface area (Å²) in [6.07, 6.45) is 2.97. The van der Waals surface area contributed by atoms with Gasteiger partial charge in [-0.1, -0.05) is 6.92 Å². The summed E-state index contributed by atoms with van der Waals surface area (Å²) in [5.41, 5.74) is 0. The van der Waals surface area contributed by atoms with Crippen molar-refractivity contribution in [2.75, 3.05) is 38.2 Å². The highest BCUT2D eigenvalue weighted by molar-refractivity contribution is 7.90. The van der Waals surface area contributed by atoms with Crippen LogP contribution in [0.5, 0.6) is 0 Å². The molecule has 0 radical (unpaired) electrons. The number of nitrogens with zero attached hydrogens (tertiary/aromatic N) is 1. The van der Waals surface area contributed by atoms with E-state index >= 15 is 0 Å². The smallest absolute Gasteiger partial charge is 0.148 e. The van der Waals surface area contributed by atoms with Crippen LogP contribution in [0.25, 0.3) is 0 Å². The summed E-state index contributed by atoms with van der Waals surface area (Å²) in [6.45, 7) is 4.55. The fourth-order valence-electron chi connectivity index (χ4n) is 1.17. The van der Waals surface area contributed by atoms with Crippen LogP contribution < -0.4 is 0 Å². The Morgan fingerprint density at radius 2 is 1.86 bits per heavy atom. The molecular formula is C9H21NO3S. The summed E-state index contributed by atoms with van der Waals surface area (Å²) in [4.78, 5) is 2.09. The highest BCUT2D eigenvalue weighted by atomic mass is 32.2. The third-order valence-electron chi connectivity index (χ3n) is 2.11. The molecule has 0 aliphatic carbocycles. The molecule has 0 rings (SSSR count). The molecule has 0 saturated heterocycles. The molecule has 4 nitrogen and oxygen atoms in total. The fourth-order valence-corrected chi connectivity index (χ4v) is 1.76. The van der Waals surface area contributed by atoms with E-state index in [1.54, 1.807) is 0 Å². The zero-order valence-corrected chi connectivity index (χ0v) is 9.89. The van der Waals surface area contributed by atoms with Gasteiger partial charge in [-0.2, -0.15) is 0 Å². The lowest BCUT2D eigenvalue weighted by Gasteiger charge is -2.19. The molecule has 0 aliphatic rings. The van der Waals surface area contributed by atoms with Crippen molar-refractivity contribution in [3.8, 4) is 0 Å². The maximum Gasteiger partial charge on any atom is 0.148 e. The Morgan fingerprint density at radius 1 is 1.21 bits per heavy atom. The van der Waals surface area contributed by atoms with Crippen LogP contribution in [0.3, 0.4) is 0 Å². The SMILES string of the molecule is CCN(CCCCO)CCS(C)(=O)=O. The maximum absolute atomic E-state index is 10.9. The largest absolute Gasteiger partial charge is 0.396 e. The van der Waals surface area contributed by atoms with Crippen LogP contribution in [-0.2, 0) is 9.84 Å². The minimum atomic E-state index is -2.85. The molecule has 0 aromatic rings. The first kappa shape index (κ1) is 13.9. The first-order valence-electron chi connectivity index (χ1n) is 5.00. The molecule has 1 N–H and O–H groups in total. The third kappa shape index (κ3) is 8.47. The molecule has 14 heavy (non-hydrogen) atoms. The predicted octanol–water partition coefficient (Wildman–Crippen LogP) is 0.125. The Hall–Kier alpha value is -0.130. The Morgan fingerprint density at radius 3 is 2.29 bits per heavy atom. The van der Waals surface area contributed by atoms with Gasteiger partial charge in [0.2, 0.25) is 0 Å². The Balaban J connectivity index is 3.69. The average molecular weight is 223 g/mol. The summed E-state index contributed by atoms with van der Waals surface area (Å²) < 4.78 is 21.8. The number of rotatable bonds is 8. The zero-order chi connectivity index (χ0) is 11.0. The zero-order valence-electron chi connectivity index (χ0n) is 9.07. The molecule has 0 aliphatic heterocycles. The first-order valence-corrected chi connectivity index (χ1v) is 7.06. The van der Waals surface area contributed by atoms with Gasteiger partial charge in [0.15, 0.2) is 0 Å². The van der Waals surface area contributed by atoms with Gasteiger partial charge in [-0.05, 0) is 25.9 Å². The van der Waals surface area contributed by atoms with Gasteiger partial charge in [-0.15, -0.1) is 0 Å². The normalized spacial score (nSPS) is 12.3. The van der Waals surface area contributed by atoms with Gasteiger partial charge < -0.3 is 10.0 Å². The van der Waals surface area contributed by atoms with E-state index in [2.05, 4.69) is 4.90 Å². The highest BCUT2D eigenvalue weighted by Crippen LogP contribution is 1.96. The van der Waals surface area contributed by atoms with Gasteiger partial charge in [0.05, 0.1) is 5.75 Å². The molecule has 0 bridgehead atoms. The van der Waals surface area contributed by atoms with Gasteiger partial charge in [0, 0.05) is 19.4 Å². The topological polar surface area (TPSA) is 57.6 Å². The predicted molar refractivity (Wildman–Crippen MR) is 58.1 cm³/mol. The van der Waals surface area contributed by atoms with Crippen molar-refractivity contribution >= 4 is 9.84 Å². The summed E-state index contributed by atoms with van der Waals surface area (Å²) in [5.74, 6) is 0.222. The monoisotopic (exact) mass is 223 g/mol. The molecule has 5 heteroatoms. The van der Waals surface area contributed by atoms with Crippen LogP contribution in [0, 0.1) is 0 Å². The molecule has 0 heterocycles. The number of unbranched alkanes of at least 4 members (excludes halogenated alkanes) is 1. The second-order valence-electron chi connectivity index (χ2n) is 3.49. The molecule has 0 spiro atoms. The van der Waals surface area contributed by atoms with Crippen molar-refractivity contribution in [1.29, 1.82) is 0 Å². The van der Waals surface area contributed by atoms with Crippen molar-refractivity contribution < 1.29 is 13.5 Å². The number of aliphatic hydroxyl groups excluding tert-OH is 1. The second-order valence-corrected chi connectivity index (χ2v) is 5.75. The quantitative estimate of drug-likeness (QED) is 0.594. The molecule has 86 valence electrons. The highest BCUT2D eigenvalue weighted by Gasteiger charge is 2.06. The van der Waals surface area contributed by atoms with E-state index in [9.17, 15) is 8.42 Å². The van der Waals surface area contributed by atoms with Gasteiger partial charge in [0.1, 0.15) is 9.84 Å². The van der Waals surface area contributed by atoms with E-state index < -0.39 is 9.84 Å². The van der Waals surface area contributed by atoms with Crippen molar-refractivity contribution in [3.05, 3.63) is 0 Å². The number of hydrogen-bond acceptors (Lipinski definition) is 4. The van der Waals surface area contributed by atoms with Gasteiger partial charge >= 0.3 is 0 Å². The van der Waals surface area contributed by atoms with Gasteiger partial charge in [-0.25, -0.2) is 8.42 Å². The molecule has 0 atom stereocenters. The number of sulfone groups is 1. The summed E-state index contributed by atoms with van der Waals surface area (Å²) in [5, 5.41) is 8.60. The van der Waals surface area contributed by atoms with E-state index in [0.717, 1.165) is 25.9 Å². The van der Waals surface area contributed by atoms with E-state index in [1.807, 2.05) is 6.92 Å². The summed E-state index contributed by atoms with van der Waals surface area (Å²) in [6, 6.07) is 0. The van der Waals surface area contributed by atoms with Crippen LogP contribution >= 0.6 is 0 Å². The first-order chi connectivity index (χ1) is 6.49. The Bertz CT molecular complexity index is 226. The van der Waals surface area contributed by atoms with E-state index in [0.29, 0.717) is 6.54 Å². The minimum absolute atomic E-state index is 0.212. The van der Waals surface area contributed by atoms with Crippen molar-refractivity contribution in [2.24, 2.45) is 0 Å². The van der Waals surface area contributed by atoms with Crippen LogP contribution in [0.15, 0.2) is 0 Å². The summed E-state index contributed by atoms with van der Waals surface area (Å²) in [7, 11) is -2.85. The van der Waals surface area contributed by atoms with Crippen molar-refractivity contribution in [3.63, 3.8) is 0 Å². The number of aliphatic hydroxyl groups is 1.